The Morgan fingerprint density at radius 3 is 0.793 bits per heavy atom. The van der Waals surface area contributed by atoms with Crippen molar-refractivity contribution >= 4 is 32.3 Å². The fourth-order valence-corrected chi connectivity index (χ4v) is 8.84. The van der Waals surface area contributed by atoms with Gasteiger partial charge in [-0.2, -0.15) is 0 Å². The molecule has 8 aromatic rings. The summed E-state index contributed by atoms with van der Waals surface area (Å²) in [7, 11) is 0. The summed E-state index contributed by atoms with van der Waals surface area (Å²) < 4.78 is 0. The van der Waals surface area contributed by atoms with E-state index in [-0.39, 0.29) is 21.7 Å². The molecule has 58 heavy (non-hydrogen) atoms. The van der Waals surface area contributed by atoms with Crippen molar-refractivity contribution in [3.8, 4) is 44.5 Å². The van der Waals surface area contributed by atoms with Gasteiger partial charge in [-0.15, -0.1) is 0 Å². The average Bonchev–Trinajstić information content (AvgIpc) is 3.18. The molecule has 0 aliphatic heterocycles. The number of hydrogen-bond acceptors (Lipinski definition) is 0. The number of benzene rings is 8. The lowest BCUT2D eigenvalue weighted by molar-refractivity contribution is 0.590. The monoisotopic (exact) mass is 756 g/mol. The Balaban J connectivity index is 1.73. The van der Waals surface area contributed by atoms with Crippen LogP contribution in [0.15, 0.2) is 146 Å². The number of rotatable bonds is 4. The highest BCUT2D eigenvalue weighted by atomic mass is 14.3. The molecule has 8 aromatic carbocycles. The first-order valence-corrected chi connectivity index (χ1v) is 21.2. The lowest BCUT2D eigenvalue weighted by Crippen LogP contribution is -2.11. The van der Waals surface area contributed by atoms with Gasteiger partial charge in [-0.3, -0.25) is 0 Å². The SMILES string of the molecule is CC(C)(C)c1ccc(-c2c3ccc(C(C)(C)C)cc3c(-c3ccccc3)c3c(-c4ccc(C(C)(C)C)cc4)c4ccc(C(C)(C)C)cc4c(-c4ccccc4)c23)cc1. The van der Waals surface area contributed by atoms with E-state index in [0.29, 0.717) is 0 Å². The molecule has 0 heteroatoms. The summed E-state index contributed by atoms with van der Waals surface area (Å²) in [6, 6.07) is 55.9. The van der Waals surface area contributed by atoms with Gasteiger partial charge in [0.05, 0.1) is 0 Å². The highest BCUT2D eigenvalue weighted by Gasteiger charge is 2.28. The second kappa shape index (κ2) is 14.1. The van der Waals surface area contributed by atoms with Gasteiger partial charge in [0.1, 0.15) is 0 Å². The molecule has 8 rings (SSSR count). The molecule has 0 atom stereocenters. The highest BCUT2D eigenvalue weighted by Crippen LogP contribution is 2.54. The minimum absolute atomic E-state index is 0.0286. The maximum atomic E-state index is 2.51. The summed E-state index contributed by atoms with van der Waals surface area (Å²) in [4.78, 5) is 0. The third-order valence-corrected chi connectivity index (χ3v) is 12.3. The van der Waals surface area contributed by atoms with E-state index >= 15 is 0 Å². The molecule has 0 saturated carbocycles. The lowest BCUT2D eigenvalue weighted by Gasteiger charge is -2.28. The summed E-state index contributed by atoms with van der Waals surface area (Å²) in [5.74, 6) is 0. The Kier molecular flexibility index (Phi) is 9.59. The zero-order valence-corrected chi connectivity index (χ0v) is 36.9. The fraction of sp³-hybridized carbons (Fsp3) is 0.276. The summed E-state index contributed by atoms with van der Waals surface area (Å²) >= 11 is 0. The van der Waals surface area contributed by atoms with E-state index in [1.807, 2.05) is 0 Å². The quantitative estimate of drug-likeness (QED) is 0.157. The molecular weight excluding hydrogens is 697 g/mol. The minimum atomic E-state index is -0.0286. The molecule has 0 N–H and O–H groups in total. The second-order valence-corrected chi connectivity index (χ2v) is 20.7. The molecule has 292 valence electrons. The van der Waals surface area contributed by atoms with E-state index in [1.54, 1.807) is 0 Å². The van der Waals surface area contributed by atoms with Crippen molar-refractivity contribution in [2.45, 2.75) is 105 Å². The van der Waals surface area contributed by atoms with Crippen LogP contribution in [0.2, 0.25) is 0 Å². The highest BCUT2D eigenvalue weighted by molar-refractivity contribution is 6.34. The van der Waals surface area contributed by atoms with Gasteiger partial charge in [-0.05, 0) is 133 Å². The molecule has 0 nitrogen and oxygen atoms in total. The first-order valence-electron chi connectivity index (χ1n) is 21.2. The van der Waals surface area contributed by atoms with Crippen LogP contribution >= 0.6 is 0 Å². The van der Waals surface area contributed by atoms with Crippen molar-refractivity contribution in [1.29, 1.82) is 0 Å². The van der Waals surface area contributed by atoms with E-state index in [2.05, 4.69) is 229 Å². The molecule has 0 radical (unpaired) electrons. The molecule has 0 amide bonds. The van der Waals surface area contributed by atoms with Gasteiger partial charge in [0.15, 0.2) is 0 Å². The molecule has 0 bridgehead atoms. The molecule has 0 fully saturated rings. The molecular formula is C58H60. The van der Waals surface area contributed by atoms with Crippen LogP contribution in [-0.2, 0) is 21.7 Å². The van der Waals surface area contributed by atoms with Gasteiger partial charge >= 0.3 is 0 Å². The minimum Gasteiger partial charge on any atom is -0.0622 e. The van der Waals surface area contributed by atoms with Crippen molar-refractivity contribution in [2.24, 2.45) is 0 Å². The van der Waals surface area contributed by atoms with Gasteiger partial charge in [-0.1, -0.05) is 217 Å². The number of hydrogen-bond donors (Lipinski definition) is 0. The van der Waals surface area contributed by atoms with Gasteiger partial charge in [0, 0.05) is 0 Å². The molecule has 0 aromatic heterocycles. The molecule has 0 unspecified atom stereocenters. The molecule has 0 aliphatic carbocycles. The predicted octanol–water partition coefficient (Wildman–Crippen LogP) is 17.0. The van der Waals surface area contributed by atoms with Crippen LogP contribution in [0.5, 0.6) is 0 Å². The van der Waals surface area contributed by atoms with Gasteiger partial charge in [0.2, 0.25) is 0 Å². The van der Waals surface area contributed by atoms with Crippen molar-refractivity contribution in [1.82, 2.24) is 0 Å². The van der Waals surface area contributed by atoms with Crippen molar-refractivity contribution in [2.75, 3.05) is 0 Å². The average molecular weight is 757 g/mol. The maximum Gasteiger partial charge on any atom is -0.000139 e. The molecule has 0 heterocycles. The maximum absolute atomic E-state index is 2.51. The second-order valence-electron chi connectivity index (χ2n) is 20.7. The van der Waals surface area contributed by atoms with Crippen molar-refractivity contribution in [3.63, 3.8) is 0 Å². The van der Waals surface area contributed by atoms with Crippen molar-refractivity contribution in [3.05, 3.63) is 168 Å². The third-order valence-electron chi connectivity index (χ3n) is 12.3. The van der Waals surface area contributed by atoms with Crippen LogP contribution < -0.4 is 0 Å². The Labute approximate surface area is 348 Å². The molecule has 0 spiro atoms. The smallest absolute Gasteiger partial charge is 0.000139 e. The van der Waals surface area contributed by atoms with Crippen LogP contribution in [0.3, 0.4) is 0 Å². The first-order chi connectivity index (χ1) is 27.3. The van der Waals surface area contributed by atoms with E-state index in [0.717, 1.165) is 0 Å². The largest absolute Gasteiger partial charge is 0.0622 e. The zero-order chi connectivity index (χ0) is 41.4. The normalized spacial score (nSPS) is 12.8. The van der Waals surface area contributed by atoms with E-state index in [9.17, 15) is 0 Å². The fourth-order valence-electron chi connectivity index (χ4n) is 8.84. The Bertz CT molecular complexity index is 2590. The summed E-state index contributed by atoms with van der Waals surface area (Å²) in [5.41, 5.74) is 15.5. The standard InChI is InChI=1S/C58H60/c1-55(2,3)41-27-23-39(24-28-41)49-45-33-31-43(57(7,8)9)35-47(45)52(38-21-17-14-18-22-38)54-50(40-25-29-42(30-26-40)56(4,5)6)46-34-32-44(58(10,11)12)36-48(46)51(53(49)54)37-19-15-13-16-20-37/h13-36H,1-12H3. The molecule has 0 saturated heterocycles. The first kappa shape index (κ1) is 39.4. The van der Waals surface area contributed by atoms with Crippen molar-refractivity contribution < 1.29 is 0 Å². The lowest BCUT2D eigenvalue weighted by atomic mass is 9.75. The molecule has 0 aliphatic rings. The third kappa shape index (κ3) is 7.06. The Morgan fingerprint density at radius 2 is 0.500 bits per heavy atom. The van der Waals surface area contributed by atoms with Crippen LogP contribution in [0.4, 0.5) is 0 Å². The Morgan fingerprint density at radius 1 is 0.241 bits per heavy atom. The van der Waals surface area contributed by atoms with E-state index in [1.165, 1.54) is 99.1 Å². The predicted molar refractivity (Wildman–Crippen MR) is 256 cm³/mol. The van der Waals surface area contributed by atoms with Crippen LogP contribution in [0.25, 0.3) is 76.8 Å². The summed E-state index contributed by atoms with van der Waals surface area (Å²) in [6.45, 7) is 27.8. The van der Waals surface area contributed by atoms with Crippen LogP contribution in [0, 0.1) is 0 Å². The van der Waals surface area contributed by atoms with Crippen LogP contribution in [-0.4, -0.2) is 0 Å². The summed E-state index contributed by atoms with van der Waals surface area (Å²) in [5, 5.41) is 7.74. The van der Waals surface area contributed by atoms with Crippen LogP contribution in [0.1, 0.15) is 105 Å². The van der Waals surface area contributed by atoms with Gasteiger partial charge in [-0.25, -0.2) is 0 Å². The van der Waals surface area contributed by atoms with Gasteiger partial charge < -0.3 is 0 Å². The summed E-state index contributed by atoms with van der Waals surface area (Å²) in [6.07, 6.45) is 0. The van der Waals surface area contributed by atoms with E-state index in [4.69, 9.17) is 0 Å². The topological polar surface area (TPSA) is 0 Å². The zero-order valence-electron chi connectivity index (χ0n) is 36.9. The van der Waals surface area contributed by atoms with E-state index < -0.39 is 0 Å². The Hall–Kier alpha value is -5.46. The number of fused-ring (bicyclic) bond motifs is 3. The van der Waals surface area contributed by atoms with Gasteiger partial charge in [0.25, 0.3) is 0 Å².